The van der Waals surface area contributed by atoms with Gasteiger partial charge in [-0.05, 0) is 60.8 Å². The highest BCUT2D eigenvalue weighted by Gasteiger charge is 2.24. The number of benzene rings is 2. The Balaban J connectivity index is 1.78. The van der Waals surface area contributed by atoms with Gasteiger partial charge in [-0.25, -0.2) is 4.79 Å². The number of aliphatic hydroxyl groups is 1. The SMILES string of the molecule is CCC(CCO)c1ccc(N2CCC(c3ccccc3)CC2)c(OC(N)=O)c1. The van der Waals surface area contributed by atoms with Gasteiger partial charge >= 0.3 is 6.09 Å². The van der Waals surface area contributed by atoms with Gasteiger partial charge in [0.2, 0.25) is 0 Å². The lowest BCUT2D eigenvalue weighted by molar-refractivity contribution is 0.211. The van der Waals surface area contributed by atoms with Gasteiger partial charge in [-0.15, -0.1) is 0 Å². The lowest BCUT2D eigenvalue weighted by Crippen LogP contribution is -2.33. The van der Waals surface area contributed by atoms with Gasteiger partial charge in [0.15, 0.2) is 5.75 Å². The third kappa shape index (κ3) is 4.84. The van der Waals surface area contributed by atoms with Crippen molar-refractivity contribution in [3.05, 3.63) is 59.7 Å². The van der Waals surface area contributed by atoms with Crippen LogP contribution in [0.25, 0.3) is 0 Å². The van der Waals surface area contributed by atoms with E-state index >= 15 is 0 Å². The van der Waals surface area contributed by atoms with Crippen molar-refractivity contribution in [2.45, 2.75) is 44.4 Å². The van der Waals surface area contributed by atoms with E-state index in [1.165, 1.54) is 5.56 Å². The third-order valence-electron chi connectivity index (χ3n) is 5.74. The highest BCUT2D eigenvalue weighted by atomic mass is 16.5. The van der Waals surface area contributed by atoms with Gasteiger partial charge in [0.25, 0.3) is 0 Å². The summed E-state index contributed by atoms with van der Waals surface area (Å²) in [6, 6.07) is 16.6. The summed E-state index contributed by atoms with van der Waals surface area (Å²) in [6.07, 6.45) is 2.92. The van der Waals surface area contributed by atoms with Crippen LogP contribution in [-0.2, 0) is 0 Å². The fourth-order valence-corrected chi connectivity index (χ4v) is 4.18. The van der Waals surface area contributed by atoms with Crippen LogP contribution < -0.4 is 15.4 Å². The van der Waals surface area contributed by atoms with Crippen molar-refractivity contribution in [3.8, 4) is 5.75 Å². The molecule has 0 bridgehead atoms. The molecule has 5 nitrogen and oxygen atoms in total. The predicted molar refractivity (Wildman–Crippen MR) is 112 cm³/mol. The number of nitrogens with zero attached hydrogens (tertiary/aromatic N) is 1. The molecule has 5 heteroatoms. The van der Waals surface area contributed by atoms with Crippen molar-refractivity contribution >= 4 is 11.8 Å². The van der Waals surface area contributed by atoms with Gasteiger partial charge in [0.1, 0.15) is 0 Å². The van der Waals surface area contributed by atoms with Gasteiger partial charge in [-0.1, -0.05) is 43.3 Å². The first-order valence-corrected chi connectivity index (χ1v) is 10.1. The number of amides is 1. The van der Waals surface area contributed by atoms with Gasteiger partial charge in [-0.2, -0.15) is 0 Å². The summed E-state index contributed by atoms with van der Waals surface area (Å²) in [7, 11) is 0. The minimum atomic E-state index is -0.798. The zero-order valence-corrected chi connectivity index (χ0v) is 16.5. The number of ether oxygens (including phenoxy) is 1. The van der Waals surface area contributed by atoms with E-state index in [0.717, 1.165) is 43.6 Å². The molecular formula is C23H30N2O3. The fourth-order valence-electron chi connectivity index (χ4n) is 4.18. The summed E-state index contributed by atoms with van der Waals surface area (Å²) in [5.74, 6) is 1.31. The van der Waals surface area contributed by atoms with Crippen LogP contribution in [-0.4, -0.2) is 30.9 Å². The zero-order valence-electron chi connectivity index (χ0n) is 16.5. The second kappa shape index (κ2) is 9.60. The first-order chi connectivity index (χ1) is 13.6. The van der Waals surface area contributed by atoms with Crippen LogP contribution in [0.1, 0.15) is 55.6 Å². The number of nitrogens with two attached hydrogens (primary N) is 1. The summed E-state index contributed by atoms with van der Waals surface area (Å²) in [6.45, 7) is 4.04. The van der Waals surface area contributed by atoms with E-state index in [9.17, 15) is 9.90 Å². The predicted octanol–water partition coefficient (Wildman–Crippen LogP) is 4.40. The van der Waals surface area contributed by atoms with Gasteiger partial charge in [-0.3, -0.25) is 0 Å². The summed E-state index contributed by atoms with van der Waals surface area (Å²) in [5, 5.41) is 9.31. The van der Waals surface area contributed by atoms with E-state index in [1.54, 1.807) is 0 Å². The molecule has 1 aliphatic rings. The highest BCUT2D eigenvalue weighted by Crippen LogP contribution is 2.37. The highest BCUT2D eigenvalue weighted by molar-refractivity contribution is 5.72. The quantitative estimate of drug-likeness (QED) is 0.744. The van der Waals surface area contributed by atoms with Crippen molar-refractivity contribution in [1.82, 2.24) is 0 Å². The molecule has 1 saturated heterocycles. The lowest BCUT2D eigenvalue weighted by atomic mass is 9.89. The Morgan fingerprint density at radius 3 is 2.54 bits per heavy atom. The Labute approximate surface area is 167 Å². The molecule has 1 aliphatic heterocycles. The maximum atomic E-state index is 11.5. The second-order valence-corrected chi connectivity index (χ2v) is 7.44. The zero-order chi connectivity index (χ0) is 19.9. The molecule has 0 aliphatic carbocycles. The van der Waals surface area contributed by atoms with E-state index in [4.69, 9.17) is 10.5 Å². The number of carbonyl (C=O) groups is 1. The average molecular weight is 383 g/mol. The molecule has 150 valence electrons. The molecule has 2 aromatic carbocycles. The minimum Gasteiger partial charge on any atom is -0.408 e. The molecule has 3 N–H and O–H groups in total. The Morgan fingerprint density at radius 1 is 1.21 bits per heavy atom. The van der Waals surface area contributed by atoms with Crippen LogP contribution in [0.3, 0.4) is 0 Å². The Bertz CT molecular complexity index is 771. The van der Waals surface area contributed by atoms with Gasteiger partial charge in [0.05, 0.1) is 5.69 Å². The summed E-state index contributed by atoms with van der Waals surface area (Å²) >= 11 is 0. The summed E-state index contributed by atoms with van der Waals surface area (Å²) in [4.78, 5) is 13.7. The van der Waals surface area contributed by atoms with E-state index in [-0.39, 0.29) is 12.5 Å². The van der Waals surface area contributed by atoms with Gasteiger partial charge < -0.3 is 20.5 Å². The largest absolute Gasteiger partial charge is 0.410 e. The molecule has 1 amide bonds. The van der Waals surface area contributed by atoms with Crippen LogP contribution in [0.4, 0.5) is 10.5 Å². The molecule has 0 saturated carbocycles. The number of hydrogen-bond donors (Lipinski definition) is 2. The van der Waals surface area contributed by atoms with E-state index in [1.807, 2.05) is 18.2 Å². The molecular weight excluding hydrogens is 352 g/mol. The maximum Gasteiger partial charge on any atom is 0.410 e. The molecule has 0 aromatic heterocycles. The number of piperidine rings is 1. The molecule has 2 aromatic rings. The van der Waals surface area contributed by atoms with Crippen LogP contribution in [0.2, 0.25) is 0 Å². The van der Waals surface area contributed by atoms with Crippen molar-refractivity contribution in [3.63, 3.8) is 0 Å². The van der Waals surface area contributed by atoms with Crippen molar-refractivity contribution in [2.24, 2.45) is 5.73 Å². The van der Waals surface area contributed by atoms with E-state index in [2.05, 4.69) is 42.2 Å². The molecule has 1 unspecified atom stereocenters. The number of primary amides is 1. The molecule has 0 radical (unpaired) electrons. The van der Waals surface area contributed by atoms with Crippen LogP contribution >= 0.6 is 0 Å². The first kappa shape index (κ1) is 20.2. The molecule has 1 heterocycles. The topological polar surface area (TPSA) is 75.8 Å². The van der Waals surface area contributed by atoms with Crippen molar-refractivity contribution in [2.75, 3.05) is 24.6 Å². The number of anilines is 1. The molecule has 3 rings (SSSR count). The summed E-state index contributed by atoms with van der Waals surface area (Å²) < 4.78 is 5.36. The fraction of sp³-hybridized carbons (Fsp3) is 0.435. The molecule has 1 fully saturated rings. The number of carbonyl (C=O) groups excluding carboxylic acids is 1. The molecule has 28 heavy (non-hydrogen) atoms. The first-order valence-electron chi connectivity index (χ1n) is 10.1. The maximum absolute atomic E-state index is 11.5. The normalized spacial score (nSPS) is 16.0. The van der Waals surface area contributed by atoms with Gasteiger partial charge in [0, 0.05) is 19.7 Å². The Morgan fingerprint density at radius 2 is 1.93 bits per heavy atom. The van der Waals surface area contributed by atoms with Crippen LogP contribution in [0.5, 0.6) is 5.75 Å². The number of rotatable bonds is 7. The second-order valence-electron chi connectivity index (χ2n) is 7.44. The monoisotopic (exact) mass is 382 g/mol. The van der Waals surface area contributed by atoms with Crippen molar-refractivity contribution in [1.29, 1.82) is 0 Å². The number of aliphatic hydroxyl groups excluding tert-OH is 1. The molecule has 1 atom stereocenters. The Hall–Kier alpha value is -2.53. The van der Waals surface area contributed by atoms with Crippen molar-refractivity contribution < 1.29 is 14.6 Å². The average Bonchev–Trinajstić information content (AvgIpc) is 2.72. The van der Waals surface area contributed by atoms with E-state index < -0.39 is 6.09 Å². The summed E-state index contributed by atoms with van der Waals surface area (Å²) in [5.41, 5.74) is 8.68. The lowest BCUT2D eigenvalue weighted by Gasteiger charge is -2.34. The van der Waals surface area contributed by atoms with Crippen LogP contribution in [0.15, 0.2) is 48.5 Å². The standard InChI is InChI=1S/C23H30N2O3/c1-2-17(12-15-26)20-8-9-21(22(16-20)28-23(24)27)25-13-10-19(11-14-25)18-6-4-3-5-7-18/h3-9,16-17,19,26H,2,10-15H2,1H3,(H2,24,27). The minimum absolute atomic E-state index is 0.138. The Kier molecular flexibility index (Phi) is 6.93. The van der Waals surface area contributed by atoms with E-state index in [0.29, 0.717) is 18.1 Å². The third-order valence-corrected chi connectivity index (χ3v) is 5.74. The van der Waals surface area contributed by atoms with Crippen LogP contribution in [0, 0.1) is 0 Å². The smallest absolute Gasteiger partial charge is 0.408 e. The molecule has 0 spiro atoms. The number of hydrogen-bond acceptors (Lipinski definition) is 4.